The van der Waals surface area contributed by atoms with Crippen molar-refractivity contribution in [2.75, 3.05) is 18.8 Å². The van der Waals surface area contributed by atoms with E-state index in [1.807, 2.05) is 0 Å². The number of rotatable bonds is 5. The van der Waals surface area contributed by atoms with Crippen LogP contribution in [0.4, 0.5) is 0 Å². The van der Waals surface area contributed by atoms with Crippen LogP contribution in [0, 0.1) is 11.8 Å². The maximum absolute atomic E-state index is 12.6. The van der Waals surface area contributed by atoms with E-state index in [2.05, 4.69) is 51.3 Å². The van der Waals surface area contributed by atoms with Gasteiger partial charge in [-0.1, -0.05) is 62.2 Å². The molecule has 2 heterocycles. The van der Waals surface area contributed by atoms with Gasteiger partial charge in [0.25, 0.3) is 0 Å². The van der Waals surface area contributed by atoms with Crippen LogP contribution in [-0.2, 0) is 11.2 Å². The quantitative estimate of drug-likeness (QED) is 0.786. The monoisotopic (exact) mass is 384 g/mol. The van der Waals surface area contributed by atoms with Crippen LogP contribution >= 0.6 is 11.8 Å². The molecule has 1 N–H and O–H groups in total. The Morgan fingerprint density at radius 3 is 2.74 bits per heavy atom. The standard InChI is InChI=1S/C21H28N4OS/c1-2-15-7-9-17(10-8-15)20-22-21(24-23-20)27-14-19(26)25-12-11-16-5-3-4-6-18(16)13-25/h7-10,16,18H,2-6,11-14H2,1H3,(H,22,23,24)/t16-,18-/m0/s1. The van der Waals surface area contributed by atoms with Gasteiger partial charge < -0.3 is 4.90 Å². The molecule has 1 saturated carbocycles. The third-order valence-electron chi connectivity index (χ3n) is 6.07. The average Bonchev–Trinajstić information content (AvgIpc) is 3.21. The zero-order valence-corrected chi connectivity index (χ0v) is 16.8. The lowest BCUT2D eigenvalue weighted by Crippen LogP contribution is -2.45. The highest BCUT2D eigenvalue weighted by atomic mass is 32.2. The molecule has 0 radical (unpaired) electrons. The Morgan fingerprint density at radius 1 is 1.19 bits per heavy atom. The van der Waals surface area contributed by atoms with Crippen LogP contribution in [0.3, 0.4) is 0 Å². The molecule has 0 spiro atoms. The van der Waals surface area contributed by atoms with E-state index in [9.17, 15) is 4.79 Å². The molecule has 2 aliphatic rings. The summed E-state index contributed by atoms with van der Waals surface area (Å²) in [5.41, 5.74) is 2.33. The van der Waals surface area contributed by atoms with Crippen molar-refractivity contribution in [3.05, 3.63) is 29.8 Å². The molecule has 1 saturated heterocycles. The van der Waals surface area contributed by atoms with Gasteiger partial charge in [0.1, 0.15) is 0 Å². The lowest BCUT2D eigenvalue weighted by molar-refractivity contribution is -0.131. The van der Waals surface area contributed by atoms with Crippen LogP contribution in [0.1, 0.15) is 44.6 Å². The third-order valence-corrected chi connectivity index (χ3v) is 6.90. The minimum Gasteiger partial charge on any atom is -0.342 e. The summed E-state index contributed by atoms with van der Waals surface area (Å²) in [4.78, 5) is 19.2. The zero-order chi connectivity index (χ0) is 18.6. The Morgan fingerprint density at radius 2 is 1.96 bits per heavy atom. The number of thioether (sulfide) groups is 1. The van der Waals surface area contributed by atoms with Gasteiger partial charge in [-0.2, -0.15) is 0 Å². The summed E-state index contributed by atoms with van der Waals surface area (Å²) in [6, 6.07) is 8.35. The molecular formula is C21H28N4OS. The summed E-state index contributed by atoms with van der Waals surface area (Å²) in [5.74, 6) is 2.98. The van der Waals surface area contributed by atoms with E-state index in [1.165, 1.54) is 49.4 Å². The second kappa shape index (κ2) is 8.46. The topological polar surface area (TPSA) is 61.9 Å². The van der Waals surface area contributed by atoms with E-state index in [0.717, 1.165) is 42.7 Å². The molecule has 1 aliphatic heterocycles. The molecule has 1 amide bonds. The number of hydrogen-bond acceptors (Lipinski definition) is 4. The van der Waals surface area contributed by atoms with E-state index in [0.29, 0.717) is 10.9 Å². The number of piperidine rings is 1. The van der Waals surface area contributed by atoms with E-state index in [1.54, 1.807) is 0 Å². The lowest BCUT2D eigenvalue weighted by atomic mass is 9.75. The zero-order valence-electron chi connectivity index (χ0n) is 16.0. The van der Waals surface area contributed by atoms with Gasteiger partial charge >= 0.3 is 0 Å². The van der Waals surface area contributed by atoms with Gasteiger partial charge in [-0.15, -0.1) is 5.10 Å². The van der Waals surface area contributed by atoms with Crippen molar-refractivity contribution in [3.63, 3.8) is 0 Å². The number of H-pyrrole nitrogens is 1. The van der Waals surface area contributed by atoms with Gasteiger partial charge in [0.15, 0.2) is 5.82 Å². The van der Waals surface area contributed by atoms with Crippen LogP contribution in [-0.4, -0.2) is 44.8 Å². The highest BCUT2D eigenvalue weighted by Gasteiger charge is 2.32. The van der Waals surface area contributed by atoms with Crippen molar-refractivity contribution in [2.24, 2.45) is 11.8 Å². The molecular weight excluding hydrogens is 356 g/mol. The van der Waals surface area contributed by atoms with Gasteiger partial charge in [-0.05, 0) is 36.7 Å². The molecule has 1 aromatic heterocycles. The van der Waals surface area contributed by atoms with Gasteiger partial charge in [0, 0.05) is 18.7 Å². The molecule has 0 unspecified atom stereocenters. The van der Waals surface area contributed by atoms with Gasteiger partial charge in [0.2, 0.25) is 11.1 Å². The van der Waals surface area contributed by atoms with Crippen molar-refractivity contribution in [1.29, 1.82) is 0 Å². The van der Waals surface area contributed by atoms with E-state index >= 15 is 0 Å². The highest BCUT2D eigenvalue weighted by Crippen LogP contribution is 2.36. The summed E-state index contributed by atoms with van der Waals surface area (Å²) in [7, 11) is 0. The fraction of sp³-hybridized carbons (Fsp3) is 0.571. The van der Waals surface area contributed by atoms with Crippen molar-refractivity contribution in [1.82, 2.24) is 20.1 Å². The first-order chi connectivity index (χ1) is 13.2. The predicted molar refractivity (Wildman–Crippen MR) is 109 cm³/mol. The van der Waals surface area contributed by atoms with Crippen molar-refractivity contribution in [2.45, 2.75) is 50.6 Å². The second-order valence-electron chi connectivity index (χ2n) is 7.74. The van der Waals surface area contributed by atoms with Gasteiger partial charge in [0.05, 0.1) is 5.75 Å². The number of likely N-dealkylation sites (tertiary alicyclic amines) is 1. The lowest BCUT2D eigenvalue weighted by Gasteiger charge is -2.41. The van der Waals surface area contributed by atoms with E-state index in [-0.39, 0.29) is 5.91 Å². The maximum Gasteiger partial charge on any atom is 0.233 e. The Bertz CT molecular complexity index is 773. The first-order valence-corrected chi connectivity index (χ1v) is 11.1. The van der Waals surface area contributed by atoms with E-state index in [4.69, 9.17) is 0 Å². The summed E-state index contributed by atoms with van der Waals surface area (Å²) in [6.45, 7) is 4.02. The Hall–Kier alpha value is -1.82. The first kappa shape index (κ1) is 18.5. The number of carbonyl (C=O) groups is 1. The number of fused-ring (bicyclic) bond motifs is 1. The van der Waals surface area contributed by atoms with Gasteiger partial charge in [-0.25, -0.2) is 4.98 Å². The molecule has 2 aromatic rings. The van der Waals surface area contributed by atoms with Crippen molar-refractivity contribution < 1.29 is 4.79 Å². The summed E-state index contributed by atoms with van der Waals surface area (Å²) in [5, 5.41) is 7.91. The summed E-state index contributed by atoms with van der Waals surface area (Å²) >= 11 is 1.43. The molecule has 5 nitrogen and oxygen atoms in total. The van der Waals surface area contributed by atoms with Crippen LogP contribution in [0.15, 0.2) is 29.4 Å². The average molecular weight is 385 g/mol. The van der Waals surface area contributed by atoms with Crippen molar-refractivity contribution >= 4 is 17.7 Å². The minimum atomic E-state index is 0.225. The number of nitrogens with one attached hydrogen (secondary N) is 1. The molecule has 2 fully saturated rings. The Kier molecular flexibility index (Phi) is 5.81. The van der Waals surface area contributed by atoms with Crippen LogP contribution in [0.25, 0.3) is 11.4 Å². The number of amides is 1. The number of aryl methyl sites for hydroxylation is 1. The minimum absolute atomic E-state index is 0.225. The SMILES string of the molecule is CCc1ccc(-c2nc(SCC(=O)N3CC[C@@H]4CCCC[C@H]4C3)n[nH]2)cc1. The van der Waals surface area contributed by atoms with Crippen LogP contribution < -0.4 is 0 Å². The number of aromatic amines is 1. The maximum atomic E-state index is 12.6. The molecule has 144 valence electrons. The molecule has 1 aliphatic carbocycles. The molecule has 6 heteroatoms. The predicted octanol–water partition coefficient (Wildman–Crippen LogP) is 4.16. The normalized spacial score (nSPS) is 22.5. The molecule has 2 atom stereocenters. The fourth-order valence-corrected chi connectivity index (χ4v) is 5.08. The highest BCUT2D eigenvalue weighted by molar-refractivity contribution is 7.99. The molecule has 0 bridgehead atoms. The number of aromatic nitrogens is 3. The van der Waals surface area contributed by atoms with E-state index < -0.39 is 0 Å². The van der Waals surface area contributed by atoms with Gasteiger partial charge in [-0.3, -0.25) is 9.89 Å². The second-order valence-corrected chi connectivity index (χ2v) is 8.68. The summed E-state index contributed by atoms with van der Waals surface area (Å²) < 4.78 is 0. The number of carbonyl (C=O) groups excluding carboxylic acids is 1. The molecule has 4 rings (SSSR count). The summed E-state index contributed by atoms with van der Waals surface area (Å²) in [6.07, 6.45) is 7.57. The molecule has 1 aromatic carbocycles. The number of hydrogen-bond donors (Lipinski definition) is 1. The Labute approximate surface area is 165 Å². The number of benzene rings is 1. The largest absolute Gasteiger partial charge is 0.342 e. The van der Waals surface area contributed by atoms with Crippen LogP contribution in [0.2, 0.25) is 0 Å². The fourth-order valence-electron chi connectivity index (χ4n) is 4.38. The number of nitrogens with zero attached hydrogens (tertiary/aromatic N) is 3. The smallest absolute Gasteiger partial charge is 0.233 e. The Balaban J connectivity index is 1.31. The third kappa shape index (κ3) is 4.37. The molecule has 27 heavy (non-hydrogen) atoms. The van der Waals surface area contributed by atoms with Crippen LogP contribution in [0.5, 0.6) is 0 Å². The first-order valence-electron chi connectivity index (χ1n) is 10.1. The van der Waals surface area contributed by atoms with Crippen molar-refractivity contribution in [3.8, 4) is 11.4 Å².